The maximum Gasteiger partial charge on any atom is 0.337 e. The van der Waals surface area contributed by atoms with E-state index in [0.717, 1.165) is 24.8 Å². The molecule has 0 saturated heterocycles. The monoisotopic (exact) mass is 338 g/mol. The van der Waals surface area contributed by atoms with Crippen molar-refractivity contribution in [3.8, 4) is 0 Å². The molecule has 3 aromatic heterocycles. The molecule has 0 bridgehead atoms. The van der Waals surface area contributed by atoms with Crippen molar-refractivity contribution < 1.29 is 0 Å². The second kappa shape index (κ2) is 5.01. The Morgan fingerprint density at radius 3 is 2.80 bits per heavy atom. The molecule has 106 valence electrons. The van der Waals surface area contributed by atoms with Gasteiger partial charge in [-0.05, 0) is 29.3 Å². The molecular formula is C12H15BrN6O. The topological polar surface area (TPSA) is 80.9 Å². The zero-order chi connectivity index (χ0) is 14.3. The number of hydrogen-bond donors (Lipinski definition) is 1. The first-order valence-corrected chi connectivity index (χ1v) is 7.42. The summed E-state index contributed by atoms with van der Waals surface area (Å²) in [5.74, 6) is 0.585. The van der Waals surface area contributed by atoms with Crippen LogP contribution in [-0.4, -0.2) is 29.1 Å². The van der Waals surface area contributed by atoms with Crippen LogP contribution in [0.2, 0.25) is 0 Å². The Hall–Kier alpha value is -1.70. The molecule has 0 spiro atoms. The van der Waals surface area contributed by atoms with Gasteiger partial charge in [-0.15, -0.1) is 10.2 Å². The Balaban J connectivity index is 2.31. The number of nitrogens with zero attached hydrogens (tertiary/aromatic N) is 5. The average molecular weight is 339 g/mol. The molecule has 0 radical (unpaired) electrons. The highest BCUT2D eigenvalue weighted by molar-refractivity contribution is 9.10. The summed E-state index contributed by atoms with van der Waals surface area (Å²) in [6.07, 6.45) is 3.14. The fraction of sp³-hybridized carbons (Fsp3) is 0.500. The van der Waals surface area contributed by atoms with Gasteiger partial charge in [-0.1, -0.05) is 19.8 Å². The molecule has 1 N–H and O–H groups in total. The molecule has 3 rings (SSSR count). The molecule has 8 heteroatoms. The summed E-state index contributed by atoms with van der Waals surface area (Å²) in [6, 6.07) is 0. The van der Waals surface area contributed by atoms with Crippen molar-refractivity contribution in [1.29, 1.82) is 0 Å². The van der Waals surface area contributed by atoms with E-state index in [2.05, 4.69) is 43.0 Å². The second-order valence-corrected chi connectivity index (χ2v) is 5.52. The van der Waals surface area contributed by atoms with E-state index in [0.29, 0.717) is 28.4 Å². The van der Waals surface area contributed by atoms with Crippen LogP contribution in [0.3, 0.4) is 0 Å². The maximum atomic E-state index is 12.6. The minimum absolute atomic E-state index is 0.134. The van der Waals surface area contributed by atoms with Gasteiger partial charge >= 0.3 is 5.69 Å². The lowest BCUT2D eigenvalue weighted by atomic mass is 10.2. The Labute approximate surface area is 123 Å². The quantitative estimate of drug-likeness (QED) is 0.583. The molecule has 0 fully saturated rings. The summed E-state index contributed by atoms with van der Waals surface area (Å²) in [4.78, 5) is 20.1. The molecule has 0 aliphatic rings. The first kappa shape index (κ1) is 13.3. The zero-order valence-electron chi connectivity index (χ0n) is 11.4. The number of aryl methyl sites for hydroxylation is 2. The van der Waals surface area contributed by atoms with Gasteiger partial charge in [0, 0.05) is 6.54 Å². The SMILES string of the molecule is CCCCCn1c(=O)n2c(C)nnc2c2[nH]c(Br)nc21. The van der Waals surface area contributed by atoms with Gasteiger partial charge in [0.2, 0.25) is 0 Å². The van der Waals surface area contributed by atoms with Crippen LogP contribution >= 0.6 is 15.9 Å². The number of fused-ring (bicyclic) bond motifs is 3. The summed E-state index contributed by atoms with van der Waals surface area (Å²) >= 11 is 3.32. The van der Waals surface area contributed by atoms with Gasteiger partial charge in [0.05, 0.1) is 0 Å². The first-order valence-electron chi connectivity index (χ1n) is 6.63. The van der Waals surface area contributed by atoms with E-state index in [1.807, 2.05) is 0 Å². The Kier molecular flexibility index (Phi) is 3.33. The van der Waals surface area contributed by atoms with Crippen LogP contribution in [0.15, 0.2) is 9.53 Å². The normalized spacial score (nSPS) is 11.8. The highest BCUT2D eigenvalue weighted by Crippen LogP contribution is 2.18. The van der Waals surface area contributed by atoms with E-state index >= 15 is 0 Å². The number of imidazole rings is 1. The first-order chi connectivity index (χ1) is 9.63. The lowest BCUT2D eigenvalue weighted by Crippen LogP contribution is -2.28. The summed E-state index contributed by atoms with van der Waals surface area (Å²) in [5.41, 5.74) is 1.74. The van der Waals surface area contributed by atoms with Crippen LogP contribution in [0.4, 0.5) is 0 Å². The third-order valence-corrected chi connectivity index (χ3v) is 3.74. The zero-order valence-corrected chi connectivity index (χ0v) is 12.9. The number of halogens is 1. The Morgan fingerprint density at radius 1 is 1.25 bits per heavy atom. The van der Waals surface area contributed by atoms with Gasteiger partial charge in [-0.2, -0.15) is 0 Å². The van der Waals surface area contributed by atoms with Crippen LogP contribution in [0.25, 0.3) is 16.8 Å². The fourth-order valence-corrected chi connectivity index (χ4v) is 2.74. The maximum absolute atomic E-state index is 12.6. The average Bonchev–Trinajstić information content (AvgIpc) is 2.97. The number of rotatable bonds is 4. The number of unbranched alkanes of at least 4 members (excludes halogenated alkanes) is 2. The third kappa shape index (κ3) is 1.94. The van der Waals surface area contributed by atoms with E-state index in [9.17, 15) is 4.79 Å². The van der Waals surface area contributed by atoms with Crippen molar-refractivity contribution >= 4 is 32.7 Å². The molecule has 0 saturated carbocycles. The lowest BCUT2D eigenvalue weighted by molar-refractivity contribution is 0.584. The largest absolute Gasteiger partial charge is 0.337 e. The van der Waals surface area contributed by atoms with E-state index in [-0.39, 0.29) is 5.69 Å². The molecule has 20 heavy (non-hydrogen) atoms. The summed E-state index contributed by atoms with van der Waals surface area (Å²) in [6.45, 7) is 4.56. The minimum Gasteiger partial charge on any atom is -0.328 e. The van der Waals surface area contributed by atoms with Crippen molar-refractivity contribution in [2.24, 2.45) is 0 Å². The van der Waals surface area contributed by atoms with Crippen LogP contribution in [0, 0.1) is 6.92 Å². The molecular weight excluding hydrogens is 324 g/mol. The van der Waals surface area contributed by atoms with Gasteiger partial charge in [-0.3, -0.25) is 4.57 Å². The van der Waals surface area contributed by atoms with E-state index in [1.54, 1.807) is 11.5 Å². The van der Waals surface area contributed by atoms with Gasteiger partial charge in [0.15, 0.2) is 16.0 Å². The van der Waals surface area contributed by atoms with E-state index < -0.39 is 0 Å². The summed E-state index contributed by atoms with van der Waals surface area (Å²) in [5, 5.41) is 8.06. The molecule has 0 aliphatic carbocycles. The van der Waals surface area contributed by atoms with Gasteiger partial charge < -0.3 is 4.98 Å². The predicted molar refractivity (Wildman–Crippen MR) is 78.9 cm³/mol. The van der Waals surface area contributed by atoms with Crippen molar-refractivity contribution in [2.45, 2.75) is 39.7 Å². The summed E-state index contributed by atoms with van der Waals surface area (Å²) < 4.78 is 3.80. The van der Waals surface area contributed by atoms with Crippen LogP contribution in [0.1, 0.15) is 32.0 Å². The standard InChI is InChI=1S/C12H15BrN6O/c1-3-4-5-6-18-9-8(14-11(13)15-9)10-17-16-7(2)19(10)12(18)20/h3-6H2,1-2H3,(H,14,15). The molecule has 0 atom stereocenters. The smallest absolute Gasteiger partial charge is 0.328 e. The molecule has 0 unspecified atom stereocenters. The number of aromatic amines is 1. The molecule has 0 aromatic carbocycles. The van der Waals surface area contributed by atoms with Crippen molar-refractivity contribution in [2.75, 3.05) is 0 Å². The predicted octanol–water partition coefficient (Wildman–Crippen LogP) is 2.03. The van der Waals surface area contributed by atoms with Gasteiger partial charge in [-0.25, -0.2) is 14.2 Å². The lowest BCUT2D eigenvalue weighted by Gasteiger charge is -2.07. The van der Waals surface area contributed by atoms with Crippen LogP contribution in [0.5, 0.6) is 0 Å². The molecule has 0 amide bonds. The second-order valence-electron chi connectivity index (χ2n) is 4.77. The molecule has 0 aliphatic heterocycles. The van der Waals surface area contributed by atoms with Gasteiger partial charge in [0.25, 0.3) is 0 Å². The molecule has 3 heterocycles. The van der Waals surface area contributed by atoms with Crippen molar-refractivity contribution in [3.05, 3.63) is 21.0 Å². The van der Waals surface area contributed by atoms with Gasteiger partial charge in [0.1, 0.15) is 11.3 Å². The van der Waals surface area contributed by atoms with Crippen molar-refractivity contribution in [1.82, 2.24) is 29.1 Å². The van der Waals surface area contributed by atoms with Crippen molar-refractivity contribution in [3.63, 3.8) is 0 Å². The fourth-order valence-electron chi connectivity index (χ4n) is 2.37. The number of nitrogens with one attached hydrogen (secondary N) is 1. The highest BCUT2D eigenvalue weighted by atomic mass is 79.9. The van der Waals surface area contributed by atoms with Crippen LogP contribution in [-0.2, 0) is 6.54 Å². The molecule has 3 aromatic rings. The van der Waals surface area contributed by atoms with E-state index in [4.69, 9.17) is 0 Å². The number of aromatic nitrogens is 6. The number of H-pyrrole nitrogens is 1. The Morgan fingerprint density at radius 2 is 2.05 bits per heavy atom. The third-order valence-electron chi connectivity index (χ3n) is 3.37. The van der Waals surface area contributed by atoms with E-state index in [1.165, 1.54) is 4.40 Å². The molecule has 7 nitrogen and oxygen atoms in total. The van der Waals surface area contributed by atoms with Crippen LogP contribution < -0.4 is 5.69 Å². The number of hydrogen-bond acceptors (Lipinski definition) is 4. The minimum atomic E-state index is -0.134. The Bertz CT molecular complexity index is 830. The summed E-state index contributed by atoms with van der Waals surface area (Å²) in [7, 11) is 0. The highest BCUT2D eigenvalue weighted by Gasteiger charge is 2.17.